The molecule has 1 aromatic carbocycles. The zero-order valence-corrected chi connectivity index (χ0v) is 11.4. The molecular weight excluding hydrogens is 224 g/mol. The monoisotopic (exact) mass is 248 g/mol. The summed E-state index contributed by atoms with van der Waals surface area (Å²) in [6, 6.07) is 9.28. The Labute approximate surface area is 110 Å². The van der Waals surface area contributed by atoms with Gasteiger partial charge in [0.05, 0.1) is 12.7 Å². The molecule has 2 N–H and O–H groups in total. The average Bonchev–Trinajstić information content (AvgIpc) is 2.46. The first-order valence-corrected chi connectivity index (χ1v) is 6.92. The van der Waals surface area contributed by atoms with Gasteiger partial charge in [-0.2, -0.15) is 0 Å². The summed E-state index contributed by atoms with van der Waals surface area (Å²) in [4.78, 5) is 0. The number of rotatable bonds is 5. The van der Waals surface area contributed by atoms with Crippen molar-refractivity contribution in [3.63, 3.8) is 0 Å². The van der Waals surface area contributed by atoms with E-state index in [1.807, 2.05) is 7.05 Å². The topological polar surface area (TPSA) is 33.3 Å². The zero-order valence-electron chi connectivity index (χ0n) is 11.4. The zero-order chi connectivity index (χ0) is 12.8. The molecule has 3 heteroatoms. The summed E-state index contributed by atoms with van der Waals surface area (Å²) >= 11 is 0. The van der Waals surface area contributed by atoms with Gasteiger partial charge in [0.1, 0.15) is 0 Å². The molecule has 1 aromatic rings. The average molecular weight is 248 g/mol. The number of ether oxygens (including phenoxy) is 1. The lowest BCUT2D eigenvalue weighted by atomic mass is 9.98. The van der Waals surface area contributed by atoms with Gasteiger partial charge in [-0.3, -0.25) is 0 Å². The lowest BCUT2D eigenvalue weighted by Gasteiger charge is -2.27. The van der Waals surface area contributed by atoms with Crippen LogP contribution in [0.1, 0.15) is 30.5 Å². The molecule has 18 heavy (non-hydrogen) atoms. The van der Waals surface area contributed by atoms with Crippen LogP contribution in [0.4, 0.5) is 0 Å². The fourth-order valence-corrected chi connectivity index (χ4v) is 2.44. The van der Waals surface area contributed by atoms with Crippen LogP contribution in [-0.4, -0.2) is 32.8 Å². The second-order valence-corrected chi connectivity index (χ2v) is 4.87. The molecule has 3 nitrogen and oxygen atoms in total. The van der Waals surface area contributed by atoms with Gasteiger partial charge in [0.2, 0.25) is 0 Å². The molecule has 1 fully saturated rings. The Morgan fingerprint density at radius 2 is 2.17 bits per heavy atom. The number of hydrogen-bond acceptors (Lipinski definition) is 3. The van der Waals surface area contributed by atoms with Gasteiger partial charge < -0.3 is 15.4 Å². The van der Waals surface area contributed by atoms with Crippen LogP contribution in [0.3, 0.4) is 0 Å². The van der Waals surface area contributed by atoms with Crippen LogP contribution in [0.25, 0.3) is 0 Å². The van der Waals surface area contributed by atoms with Gasteiger partial charge in [0.25, 0.3) is 0 Å². The van der Waals surface area contributed by atoms with Crippen LogP contribution in [-0.2, 0) is 11.2 Å². The number of benzene rings is 1. The van der Waals surface area contributed by atoms with Gasteiger partial charge in [0.15, 0.2) is 0 Å². The van der Waals surface area contributed by atoms with Gasteiger partial charge in [-0.25, -0.2) is 0 Å². The van der Waals surface area contributed by atoms with Crippen LogP contribution >= 0.6 is 0 Å². The minimum Gasteiger partial charge on any atom is -0.376 e. The fraction of sp³-hybridized carbons (Fsp3) is 0.600. The third-order valence-electron chi connectivity index (χ3n) is 3.64. The third-order valence-corrected chi connectivity index (χ3v) is 3.64. The standard InChI is InChI=1S/C15H24N2O/c1-3-12-4-6-13(7-5-12)15(16-2)10-14-11-17-8-9-18-14/h4-7,14-17H,3,8-11H2,1-2H3. The maximum absolute atomic E-state index is 5.77. The van der Waals surface area contributed by atoms with E-state index in [0.717, 1.165) is 32.5 Å². The van der Waals surface area contributed by atoms with E-state index in [1.165, 1.54) is 11.1 Å². The van der Waals surface area contributed by atoms with Crippen LogP contribution in [0.15, 0.2) is 24.3 Å². The van der Waals surface area contributed by atoms with Crippen LogP contribution in [0.5, 0.6) is 0 Å². The first kappa shape index (κ1) is 13.5. The number of aryl methyl sites for hydroxylation is 1. The molecule has 1 aliphatic rings. The van der Waals surface area contributed by atoms with E-state index in [9.17, 15) is 0 Å². The quantitative estimate of drug-likeness (QED) is 0.835. The first-order chi connectivity index (χ1) is 8.83. The van der Waals surface area contributed by atoms with E-state index in [-0.39, 0.29) is 0 Å². The van der Waals surface area contributed by atoms with Crippen LogP contribution in [0, 0.1) is 0 Å². The van der Waals surface area contributed by atoms with Crippen molar-refractivity contribution in [3.8, 4) is 0 Å². The van der Waals surface area contributed by atoms with Gasteiger partial charge in [-0.05, 0) is 31.0 Å². The van der Waals surface area contributed by atoms with Crippen LogP contribution in [0.2, 0.25) is 0 Å². The second-order valence-electron chi connectivity index (χ2n) is 4.87. The van der Waals surface area contributed by atoms with Crippen LogP contribution < -0.4 is 10.6 Å². The molecule has 0 saturated carbocycles. The Morgan fingerprint density at radius 3 is 2.72 bits per heavy atom. The Hall–Kier alpha value is -0.900. The molecule has 1 aliphatic heterocycles. The summed E-state index contributed by atoms with van der Waals surface area (Å²) in [6.45, 7) is 4.96. The molecule has 2 unspecified atom stereocenters. The van der Waals surface area contributed by atoms with Gasteiger partial charge in [-0.1, -0.05) is 31.2 Å². The Kier molecular flexibility index (Phi) is 5.17. The molecule has 100 valence electrons. The summed E-state index contributed by atoms with van der Waals surface area (Å²) in [6.07, 6.45) is 2.44. The Balaban J connectivity index is 1.97. The van der Waals surface area contributed by atoms with Crippen molar-refractivity contribution in [2.24, 2.45) is 0 Å². The van der Waals surface area contributed by atoms with E-state index in [2.05, 4.69) is 41.8 Å². The minimum atomic E-state index is 0.321. The highest BCUT2D eigenvalue weighted by Gasteiger charge is 2.19. The molecule has 0 aromatic heterocycles. The van der Waals surface area contributed by atoms with Gasteiger partial charge in [0, 0.05) is 19.1 Å². The predicted octanol–water partition coefficient (Wildman–Crippen LogP) is 1.89. The van der Waals surface area contributed by atoms with Gasteiger partial charge in [-0.15, -0.1) is 0 Å². The summed E-state index contributed by atoms with van der Waals surface area (Å²) in [5.41, 5.74) is 2.74. The highest BCUT2D eigenvalue weighted by molar-refractivity contribution is 5.25. The number of hydrogen-bond donors (Lipinski definition) is 2. The lowest BCUT2D eigenvalue weighted by Crippen LogP contribution is -2.40. The Morgan fingerprint density at radius 1 is 1.39 bits per heavy atom. The SMILES string of the molecule is CCc1ccc(C(CC2CNCCO2)NC)cc1. The molecule has 1 heterocycles. The molecule has 0 amide bonds. The van der Waals surface area contributed by atoms with Crippen molar-refractivity contribution >= 4 is 0 Å². The maximum Gasteiger partial charge on any atom is 0.0718 e. The van der Waals surface area contributed by atoms with E-state index >= 15 is 0 Å². The third kappa shape index (κ3) is 3.55. The highest BCUT2D eigenvalue weighted by Crippen LogP contribution is 2.20. The largest absolute Gasteiger partial charge is 0.376 e. The molecule has 0 spiro atoms. The van der Waals surface area contributed by atoms with E-state index in [4.69, 9.17) is 4.74 Å². The van der Waals surface area contributed by atoms with Crippen molar-refractivity contribution in [1.82, 2.24) is 10.6 Å². The van der Waals surface area contributed by atoms with Crippen molar-refractivity contribution in [3.05, 3.63) is 35.4 Å². The summed E-state index contributed by atoms with van der Waals surface area (Å²) in [7, 11) is 2.02. The number of nitrogens with one attached hydrogen (secondary N) is 2. The van der Waals surface area contributed by atoms with Crippen molar-refractivity contribution in [2.45, 2.75) is 31.9 Å². The fourth-order valence-electron chi connectivity index (χ4n) is 2.44. The van der Waals surface area contributed by atoms with Gasteiger partial charge >= 0.3 is 0 Å². The summed E-state index contributed by atoms with van der Waals surface area (Å²) < 4.78 is 5.77. The maximum atomic E-state index is 5.77. The number of morpholine rings is 1. The van der Waals surface area contributed by atoms with Crippen molar-refractivity contribution in [2.75, 3.05) is 26.7 Å². The molecule has 0 aliphatic carbocycles. The van der Waals surface area contributed by atoms with E-state index in [0.29, 0.717) is 12.1 Å². The normalized spacial score (nSPS) is 21.8. The molecule has 2 rings (SSSR count). The minimum absolute atomic E-state index is 0.321. The van der Waals surface area contributed by atoms with E-state index < -0.39 is 0 Å². The van der Waals surface area contributed by atoms with Crippen molar-refractivity contribution in [1.29, 1.82) is 0 Å². The smallest absolute Gasteiger partial charge is 0.0718 e. The van der Waals surface area contributed by atoms with E-state index in [1.54, 1.807) is 0 Å². The molecule has 0 bridgehead atoms. The van der Waals surface area contributed by atoms with Crippen molar-refractivity contribution < 1.29 is 4.74 Å². The lowest BCUT2D eigenvalue weighted by molar-refractivity contribution is 0.0176. The molecular formula is C15H24N2O. The summed E-state index contributed by atoms with van der Waals surface area (Å²) in [5, 5.41) is 6.78. The predicted molar refractivity (Wildman–Crippen MR) is 74.8 cm³/mol. The first-order valence-electron chi connectivity index (χ1n) is 6.92. The Bertz CT molecular complexity index is 344. The molecule has 2 atom stereocenters. The highest BCUT2D eigenvalue weighted by atomic mass is 16.5. The molecule has 1 saturated heterocycles. The molecule has 0 radical (unpaired) electrons. The summed E-state index contributed by atoms with van der Waals surface area (Å²) in [5.74, 6) is 0. The second kappa shape index (κ2) is 6.88.